The number of carbonyl (C=O) groups is 1. The predicted octanol–water partition coefficient (Wildman–Crippen LogP) is 3.28. The number of ether oxygens (including phenoxy) is 1. The lowest BCUT2D eigenvalue weighted by molar-refractivity contribution is -0.170. The van der Waals surface area contributed by atoms with Gasteiger partial charge in [0.15, 0.2) is 0 Å². The van der Waals surface area contributed by atoms with E-state index >= 15 is 0 Å². The van der Waals surface area contributed by atoms with Crippen LogP contribution in [0, 0.1) is 5.41 Å². The summed E-state index contributed by atoms with van der Waals surface area (Å²) in [5.74, 6) is -0.458. The summed E-state index contributed by atoms with van der Waals surface area (Å²) in [7, 11) is 0. The third kappa shape index (κ3) is 3.93. The molecule has 1 saturated carbocycles. The highest BCUT2D eigenvalue weighted by Crippen LogP contribution is 2.49. The number of hydrogen-bond acceptors (Lipinski definition) is 3. The van der Waals surface area contributed by atoms with Crippen LogP contribution in [0.5, 0.6) is 0 Å². The van der Waals surface area contributed by atoms with E-state index in [0.717, 1.165) is 6.07 Å². The molecule has 4 nitrogen and oxygen atoms in total. The van der Waals surface area contributed by atoms with Crippen LogP contribution in [-0.2, 0) is 22.3 Å². The van der Waals surface area contributed by atoms with E-state index in [4.69, 9.17) is 10.5 Å². The molecule has 8 heteroatoms. The zero-order valence-electron chi connectivity index (χ0n) is 14.4. The lowest BCUT2D eigenvalue weighted by Crippen LogP contribution is -2.75. The van der Waals surface area contributed by atoms with Crippen molar-refractivity contribution in [2.24, 2.45) is 11.1 Å². The molecule has 3 N–H and O–H groups in total. The molecule has 1 aromatic rings. The van der Waals surface area contributed by atoms with Crippen LogP contribution in [0.2, 0.25) is 0 Å². The Bertz CT molecular complexity index is 622. The maximum absolute atomic E-state index is 13.0. The van der Waals surface area contributed by atoms with Crippen molar-refractivity contribution in [3.8, 4) is 0 Å². The molecule has 0 spiro atoms. The third-order valence-corrected chi connectivity index (χ3v) is 5.00. The van der Waals surface area contributed by atoms with Crippen molar-refractivity contribution in [1.82, 2.24) is 5.32 Å². The number of nitrogens with two attached hydrogens (primary N) is 1. The topological polar surface area (TPSA) is 64.3 Å². The van der Waals surface area contributed by atoms with E-state index in [1.54, 1.807) is 0 Å². The summed E-state index contributed by atoms with van der Waals surface area (Å²) in [5.41, 5.74) is 3.74. The zero-order valence-corrected chi connectivity index (χ0v) is 15.3. The van der Waals surface area contributed by atoms with Gasteiger partial charge in [0.2, 0.25) is 5.91 Å². The van der Waals surface area contributed by atoms with Gasteiger partial charge in [-0.1, -0.05) is 32.0 Å². The summed E-state index contributed by atoms with van der Waals surface area (Å²) >= 11 is 0. The number of halogens is 4. The van der Waals surface area contributed by atoms with Crippen molar-refractivity contribution >= 4 is 18.3 Å². The Kier molecular flexibility index (Phi) is 6.53. The van der Waals surface area contributed by atoms with E-state index in [2.05, 4.69) is 5.32 Å². The molecule has 2 atom stereocenters. The van der Waals surface area contributed by atoms with E-state index in [1.165, 1.54) is 18.2 Å². The average Bonchev–Trinajstić information content (AvgIpc) is 2.51. The maximum atomic E-state index is 13.0. The highest BCUT2D eigenvalue weighted by molar-refractivity contribution is 5.88. The van der Waals surface area contributed by atoms with Gasteiger partial charge >= 0.3 is 6.18 Å². The number of nitrogens with one attached hydrogen (secondary N) is 1. The van der Waals surface area contributed by atoms with E-state index in [1.807, 2.05) is 20.8 Å². The average molecular weight is 381 g/mol. The maximum Gasteiger partial charge on any atom is 0.416 e. The molecule has 0 aliphatic heterocycles. The summed E-state index contributed by atoms with van der Waals surface area (Å²) in [6, 6.07) is 5.17. The van der Waals surface area contributed by atoms with E-state index < -0.39 is 28.6 Å². The Labute approximate surface area is 151 Å². The standard InChI is InChI=1S/C17H23F3N2O2.ClH/c1-4-24-13-9-16(21,15(13,2)3)14(23)22-10-11-7-5-6-8-12(11)17(18,19)20;/h5-8,13H,4,9-10,21H2,1-3H3,(H,22,23);1H. The van der Waals surface area contributed by atoms with Gasteiger partial charge in [-0.2, -0.15) is 13.2 Å². The lowest BCUT2D eigenvalue weighted by atomic mass is 9.54. The van der Waals surface area contributed by atoms with E-state index in [0.29, 0.717) is 13.0 Å². The number of amides is 1. The van der Waals surface area contributed by atoms with Crippen molar-refractivity contribution < 1.29 is 22.7 Å². The smallest absolute Gasteiger partial charge is 0.378 e. The fraction of sp³-hybridized carbons (Fsp3) is 0.588. The molecular weight excluding hydrogens is 357 g/mol. The van der Waals surface area contributed by atoms with Crippen LogP contribution in [0.3, 0.4) is 0 Å². The molecule has 1 fully saturated rings. The van der Waals surface area contributed by atoms with Gasteiger partial charge in [-0.25, -0.2) is 0 Å². The normalized spacial score (nSPS) is 24.8. The van der Waals surface area contributed by atoms with Crippen LogP contribution in [0.4, 0.5) is 13.2 Å². The highest BCUT2D eigenvalue weighted by atomic mass is 35.5. The Hall–Kier alpha value is -1.31. The molecule has 142 valence electrons. The Morgan fingerprint density at radius 1 is 1.36 bits per heavy atom. The zero-order chi connectivity index (χ0) is 18.2. The van der Waals surface area contributed by atoms with Gasteiger partial charge in [-0.15, -0.1) is 12.4 Å². The first-order valence-corrected chi connectivity index (χ1v) is 7.88. The molecule has 0 aromatic heterocycles. The van der Waals surface area contributed by atoms with E-state index in [9.17, 15) is 18.0 Å². The number of alkyl halides is 3. The van der Waals surface area contributed by atoms with Crippen LogP contribution < -0.4 is 11.1 Å². The van der Waals surface area contributed by atoms with E-state index in [-0.39, 0.29) is 30.6 Å². The fourth-order valence-electron chi connectivity index (χ4n) is 3.10. The molecule has 1 aromatic carbocycles. The molecule has 2 rings (SSSR count). The van der Waals surface area contributed by atoms with Gasteiger partial charge in [0, 0.05) is 25.0 Å². The summed E-state index contributed by atoms with van der Waals surface area (Å²) in [4.78, 5) is 12.5. The van der Waals surface area contributed by atoms with Gasteiger partial charge in [-0.3, -0.25) is 4.79 Å². The molecule has 1 aliphatic carbocycles. The fourth-order valence-corrected chi connectivity index (χ4v) is 3.10. The second kappa shape index (κ2) is 7.51. The second-order valence-electron chi connectivity index (χ2n) is 6.68. The van der Waals surface area contributed by atoms with Gasteiger partial charge in [0.1, 0.15) is 5.54 Å². The SMILES string of the molecule is CCOC1CC(N)(C(=O)NCc2ccccc2C(F)(F)F)C1(C)C.Cl. The molecule has 1 aliphatic rings. The van der Waals surface area contributed by atoms with Gasteiger partial charge in [0.05, 0.1) is 11.7 Å². The minimum atomic E-state index is -4.46. The minimum Gasteiger partial charge on any atom is -0.378 e. The van der Waals surface area contributed by atoms with Crippen molar-refractivity contribution in [1.29, 1.82) is 0 Å². The Morgan fingerprint density at radius 3 is 2.48 bits per heavy atom. The third-order valence-electron chi connectivity index (χ3n) is 5.00. The van der Waals surface area contributed by atoms with Crippen molar-refractivity contribution in [3.63, 3.8) is 0 Å². The summed E-state index contributed by atoms with van der Waals surface area (Å²) in [6.45, 7) is 5.83. The van der Waals surface area contributed by atoms with Gasteiger partial charge in [-0.05, 0) is 18.6 Å². The highest BCUT2D eigenvalue weighted by Gasteiger charge is 2.62. The molecule has 25 heavy (non-hydrogen) atoms. The first-order chi connectivity index (χ1) is 11.0. The molecule has 2 unspecified atom stereocenters. The molecule has 1 amide bonds. The molecule has 0 bridgehead atoms. The monoisotopic (exact) mass is 380 g/mol. The first kappa shape index (κ1) is 21.7. The number of benzene rings is 1. The molecule has 0 saturated heterocycles. The van der Waals surface area contributed by atoms with Crippen LogP contribution in [0.15, 0.2) is 24.3 Å². The number of carbonyl (C=O) groups excluding carboxylic acids is 1. The Balaban J connectivity index is 0.00000312. The van der Waals surface area contributed by atoms with Gasteiger partial charge < -0.3 is 15.8 Å². The number of hydrogen-bond donors (Lipinski definition) is 2. The molecular formula is C17H24ClF3N2O2. The van der Waals surface area contributed by atoms with Gasteiger partial charge in [0.25, 0.3) is 0 Å². The summed E-state index contributed by atoms with van der Waals surface area (Å²) in [6.07, 6.45) is -4.25. The lowest BCUT2D eigenvalue weighted by Gasteiger charge is -2.57. The largest absolute Gasteiger partial charge is 0.416 e. The minimum absolute atomic E-state index is 0. The molecule has 0 radical (unpaired) electrons. The summed E-state index contributed by atoms with van der Waals surface area (Å²) in [5, 5.41) is 2.55. The molecule has 0 heterocycles. The quantitative estimate of drug-likeness (QED) is 0.824. The van der Waals surface area contributed by atoms with Crippen LogP contribution in [0.1, 0.15) is 38.3 Å². The Morgan fingerprint density at radius 2 is 1.96 bits per heavy atom. The van der Waals surface area contributed by atoms with Crippen LogP contribution in [0.25, 0.3) is 0 Å². The predicted molar refractivity (Wildman–Crippen MR) is 91.3 cm³/mol. The van der Waals surface area contributed by atoms with Crippen molar-refractivity contribution in [3.05, 3.63) is 35.4 Å². The first-order valence-electron chi connectivity index (χ1n) is 7.88. The van der Waals surface area contributed by atoms with Crippen molar-refractivity contribution in [2.45, 2.75) is 51.6 Å². The second-order valence-corrected chi connectivity index (χ2v) is 6.68. The number of rotatable bonds is 5. The van der Waals surface area contributed by atoms with Crippen LogP contribution in [-0.4, -0.2) is 24.2 Å². The van der Waals surface area contributed by atoms with Crippen LogP contribution >= 0.6 is 12.4 Å². The van der Waals surface area contributed by atoms with Crippen molar-refractivity contribution in [2.75, 3.05) is 6.61 Å². The summed E-state index contributed by atoms with van der Waals surface area (Å²) < 4.78 is 44.5.